The van der Waals surface area contributed by atoms with Crippen molar-refractivity contribution in [3.63, 3.8) is 0 Å². The summed E-state index contributed by atoms with van der Waals surface area (Å²) in [6.07, 6.45) is -0.168. The SMILES string of the molecule is COC1CN(C(=O)c2c(C)cccc2N)CC1OC. The number of nitrogens with two attached hydrogens (primary N) is 1. The summed E-state index contributed by atoms with van der Waals surface area (Å²) in [4.78, 5) is 14.3. The molecule has 19 heavy (non-hydrogen) atoms. The molecule has 0 radical (unpaired) electrons. The first kappa shape index (κ1) is 13.8. The number of carbonyl (C=O) groups is 1. The molecule has 5 nitrogen and oxygen atoms in total. The van der Waals surface area contributed by atoms with Gasteiger partial charge in [0.1, 0.15) is 12.2 Å². The Morgan fingerprint density at radius 2 is 1.84 bits per heavy atom. The van der Waals surface area contributed by atoms with Crippen molar-refractivity contribution in [3.8, 4) is 0 Å². The molecular formula is C14H20N2O3. The van der Waals surface area contributed by atoms with E-state index in [0.717, 1.165) is 5.56 Å². The van der Waals surface area contributed by atoms with Gasteiger partial charge in [-0.05, 0) is 18.6 Å². The molecule has 5 heteroatoms. The Bertz CT molecular complexity index is 444. The van der Waals surface area contributed by atoms with E-state index in [-0.39, 0.29) is 18.1 Å². The average molecular weight is 264 g/mol. The van der Waals surface area contributed by atoms with E-state index in [0.29, 0.717) is 24.3 Å². The highest BCUT2D eigenvalue weighted by Gasteiger charge is 2.36. The number of carbonyl (C=O) groups excluding carboxylic acids is 1. The summed E-state index contributed by atoms with van der Waals surface area (Å²) in [6.45, 7) is 2.95. The van der Waals surface area contributed by atoms with Gasteiger partial charge in [0.05, 0.1) is 5.56 Å². The van der Waals surface area contributed by atoms with E-state index < -0.39 is 0 Å². The molecule has 2 atom stereocenters. The molecule has 0 saturated carbocycles. The number of amides is 1. The van der Waals surface area contributed by atoms with Crippen LogP contribution < -0.4 is 5.73 Å². The Hall–Kier alpha value is -1.59. The van der Waals surface area contributed by atoms with Gasteiger partial charge in [0.25, 0.3) is 5.91 Å². The van der Waals surface area contributed by atoms with Gasteiger partial charge in [-0.25, -0.2) is 0 Å². The first-order valence-electron chi connectivity index (χ1n) is 6.28. The summed E-state index contributed by atoms with van der Waals surface area (Å²) >= 11 is 0. The molecule has 1 amide bonds. The highest BCUT2D eigenvalue weighted by Crippen LogP contribution is 2.23. The molecule has 2 N–H and O–H groups in total. The maximum absolute atomic E-state index is 12.5. The van der Waals surface area contributed by atoms with Gasteiger partial charge >= 0.3 is 0 Å². The third kappa shape index (κ3) is 2.57. The molecule has 1 saturated heterocycles. The Morgan fingerprint density at radius 3 is 2.32 bits per heavy atom. The molecule has 1 heterocycles. The van der Waals surface area contributed by atoms with E-state index in [2.05, 4.69) is 0 Å². The van der Waals surface area contributed by atoms with Crippen LogP contribution in [0.4, 0.5) is 5.69 Å². The van der Waals surface area contributed by atoms with Gasteiger partial charge in [-0.2, -0.15) is 0 Å². The Balaban J connectivity index is 2.22. The Labute approximate surface area is 113 Å². The summed E-state index contributed by atoms with van der Waals surface area (Å²) in [5, 5.41) is 0. The number of nitrogen functional groups attached to an aromatic ring is 1. The van der Waals surface area contributed by atoms with Crippen molar-refractivity contribution >= 4 is 11.6 Å². The highest BCUT2D eigenvalue weighted by molar-refractivity contribution is 6.00. The fraction of sp³-hybridized carbons (Fsp3) is 0.500. The molecule has 0 aliphatic carbocycles. The number of nitrogens with zero attached hydrogens (tertiary/aromatic N) is 1. The average Bonchev–Trinajstić information content (AvgIpc) is 2.81. The third-order valence-corrected chi connectivity index (χ3v) is 3.63. The van der Waals surface area contributed by atoms with Crippen LogP contribution in [0.3, 0.4) is 0 Å². The number of anilines is 1. The molecule has 1 aromatic rings. The first-order valence-corrected chi connectivity index (χ1v) is 6.28. The number of likely N-dealkylation sites (tertiary alicyclic amines) is 1. The fourth-order valence-corrected chi connectivity index (χ4v) is 2.50. The van der Waals surface area contributed by atoms with Crippen LogP contribution >= 0.6 is 0 Å². The Morgan fingerprint density at radius 1 is 1.26 bits per heavy atom. The zero-order valence-corrected chi connectivity index (χ0v) is 11.6. The van der Waals surface area contributed by atoms with Crippen LogP contribution in [0.1, 0.15) is 15.9 Å². The number of hydrogen-bond acceptors (Lipinski definition) is 4. The molecule has 1 aliphatic heterocycles. The van der Waals surface area contributed by atoms with Gasteiger partial charge in [-0.3, -0.25) is 4.79 Å². The van der Waals surface area contributed by atoms with Gasteiger partial charge in [-0.15, -0.1) is 0 Å². The molecule has 1 fully saturated rings. The van der Waals surface area contributed by atoms with E-state index in [1.807, 2.05) is 19.1 Å². The molecule has 2 rings (SSSR count). The molecule has 104 valence electrons. The van der Waals surface area contributed by atoms with Crippen LogP contribution in [0, 0.1) is 6.92 Å². The van der Waals surface area contributed by atoms with E-state index in [4.69, 9.17) is 15.2 Å². The van der Waals surface area contributed by atoms with Crippen LogP contribution in [0.2, 0.25) is 0 Å². The standard InChI is InChI=1S/C14H20N2O3/c1-9-5-4-6-10(15)13(9)14(17)16-7-11(18-2)12(8-16)19-3/h4-6,11-12H,7-8,15H2,1-3H3. The molecule has 1 aliphatic rings. The number of methoxy groups -OCH3 is 2. The van der Waals surface area contributed by atoms with Crippen molar-refractivity contribution in [1.29, 1.82) is 0 Å². The minimum absolute atomic E-state index is 0.0581. The molecule has 0 bridgehead atoms. The molecular weight excluding hydrogens is 244 g/mol. The van der Waals surface area contributed by atoms with Gasteiger partial charge in [-0.1, -0.05) is 12.1 Å². The van der Waals surface area contributed by atoms with Gasteiger partial charge in [0.2, 0.25) is 0 Å². The fourth-order valence-electron chi connectivity index (χ4n) is 2.50. The molecule has 0 aromatic heterocycles. The van der Waals surface area contributed by atoms with Crippen LogP contribution in [0.15, 0.2) is 18.2 Å². The van der Waals surface area contributed by atoms with Gasteiger partial charge in [0.15, 0.2) is 0 Å². The van der Waals surface area contributed by atoms with E-state index in [9.17, 15) is 4.79 Å². The Kier molecular flexibility index (Phi) is 4.07. The molecule has 1 aromatic carbocycles. The summed E-state index contributed by atoms with van der Waals surface area (Å²) in [5.74, 6) is -0.0581. The second-order valence-corrected chi connectivity index (χ2v) is 4.80. The van der Waals surface area contributed by atoms with E-state index in [1.54, 1.807) is 25.2 Å². The minimum Gasteiger partial charge on any atom is -0.398 e. The third-order valence-electron chi connectivity index (χ3n) is 3.63. The van der Waals surface area contributed by atoms with Crippen LogP contribution in [0.5, 0.6) is 0 Å². The topological polar surface area (TPSA) is 64.8 Å². The predicted molar refractivity (Wildman–Crippen MR) is 73.1 cm³/mol. The smallest absolute Gasteiger partial charge is 0.256 e. The van der Waals surface area contributed by atoms with Crippen molar-refractivity contribution in [2.75, 3.05) is 33.0 Å². The lowest BCUT2D eigenvalue weighted by atomic mass is 10.1. The number of rotatable bonds is 3. The largest absolute Gasteiger partial charge is 0.398 e. The van der Waals surface area contributed by atoms with Gasteiger partial charge in [0, 0.05) is 33.0 Å². The van der Waals surface area contributed by atoms with Crippen molar-refractivity contribution < 1.29 is 14.3 Å². The molecule has 2 unspecified atom stereocenters. The van der Waals surface area contributed by atoms with E-state index >= 15 is 0 Å². The summed E-state index contributed by atoms with van der Waals surface area (Å²) in [5.41, 5.74) is 7.89. The number of ether oxygens (including phenoxy) is 2. The second-order valence-electron chi connectivity index (χ2n) is 4.80. The number of hydrogen-bond donors (Lipinski definition) is 1. The van der Waals surface area contributed by atoms with E-state index in [1.165, 1.54) is 0 Å². The lowest BCUT2D eigenvalue weighted by molar-refractivity contribution is -0.00461. The van der Waals surface area contributed by atoms with Crippen molar-refractivity contribution in [2.45, 2.75) is 19.1 Å². The number of benzene rings is 1. The van der Waals surface area contributed by atoms with Crippen LogP contribution in [0.25, 0.3) is 0 Å². The lowest BCUT2D eigenvalue weighted by Crippen LogP contribution is -2.31. The summed E-state index contributed by atoms with van der Waals surface area (Å²) in [7, 11) is 3.26. The van der Waals surface area contributed by atoms with Crippen LogP contribution in [-0.4, -0.2) is 50.3 Å². The summed E-state index contributed by atoms with van der Waals surface area (Å²) in [6, 6.07) is 5.49. The highest BCUT2D eigenvalue weighted by atomic mass is 16.5. The van der Waals surface area contributed by atoms with Crippen molar-refractivity contribution in [1.82, 2.24) is 4.90 Å². The first-order chi connectivity index (χ1) is 9.08. The zero-order valence-electron chi connectivity index (χ0n) is 11.6. The second kappa shape index (κ2) is 5.59. The monoisotopic (exact) mass is 264 g/mol. The normalized spacial score (nSPS) is 22.8. The summed E-state index contributed by atoms with van der Waals surface area (Å²) < 4.78 is 10.7. The van der Waals surface area contributed by atoms with Gasteiger partial charge < -0.3 is 20.1 Å². The lowest BCUT2D eigenvalue weighted by Gasteiger charge is -2.18. The quantitative estimate of drug-likeness (QED) is 0.829. The van der Waals surface area contributed by atoms with Crippen molar-refractivity contribution in [2.24, 2.45) is 0 Å². The minimum atomic E-state index is -0.0841. The van der Waals surface area contributed by atoms with Crippen molar-refractivity contribution in [3.05, 3.63) is 29.3 Å². The number of aryl methyl sites for hydroxylation is 1. The molecule has 0 spiro atoms. The zero-order chi connectivity index (χ0) is 14.0. The maximum atomic E-state index is 12.5. The maximum Gasteiger partial charge on any atom is 0.256 e. The predicted octanol–water partition coefficient (Wildman–Crippen LogP) is 1.06. The van der Waals surface area contributed by atoms with Crippen LogP contribution in [-0.2, 0) is 9.47 Å².